The lowest BCUT2D eigenvalue weighted by atomic mass is 9.85. The maximum Gasteiger partial charge on any atom is 0.123 e. The van der Waals surface area contributed by atoms with E-state index in [4.69, 9.17) is 9.47 Å². The SMILES string of the molecule is COc1cc(C(C)(C)C)c(OC)cc1C. The molecular formula is C13H20O2. The highest BCUT2D eigenvalue weighted by atomic mass is 16.5. The Balaban J connectivity index is 3.36. The van der Waals surface area contributed by atoms with Crippen LogP contribution in [-0.2, 0) is 5.41 Å². The molecule has 0 fully saturated rings. The molecule has 0 saturated carbocycles. The first-order valence-corrected chi connectivity index (χ1v) is 5.13. The van der Waals surface area contributed by atoms with E-state index in [2.05, 4.69) is 26.8 Å². The van der Waals surface area contributed by atoms with Crippen LogP contribution in [0.3, 0.4) is 0 Å². The zero-order chi connectivity index (χ0) is 11.6. The summed E-state index contributed by atoms with van der Waals surface area (Å²) < 4.78 is 10.7. The Morgan fingerprint density at radius 3 is 1.87 bits per heavy atom. The van der Waals surface area contributed by atoms with E-state index in [1.165, 1.54) is 5.56 Å². The van der Waals surface area contributed by atoms with E-state index in [-0.39, 0.29) is 5.41 Å². The first-order valence-electron chi connectivity index (χ1n) is 5.13. The van der Waals surface area contributed by atoms with E-state index in [0.29, 0.717) is 0 Å². The van der Waals surface area contributed by atoms with Crippen molar-refractivity contribution in [2.45, 2.75) is 33.1 Å². The van der Waals surface area contributed by atoms with Crippen LogP contribution in [0.4, 0.5) is 0 Å². The van der Waals surface area contributed by atoms with Crippen LogP contribution in [-0.4, -0.2) is 14.2 Å². The largest absolute Gasteiger partial charge is 0.496 e. The van der Waals surface area contributed by atoms with Gasteiger partial charge in [0.25, 0.3) is 0 Å². The Morgan fingerprint density at radius 1 is 0.933 bits per heavy atom. The second-order valence-corrected chi connectivity index (χ2v) is 4.77. The quantitative estimate of drug-likeness (QED) is 0.742. The van der Waals surface area contributed by atoms with Gasteiger partial charge in [0.2, 0.25) is 0 Å². The van der Waals surface area contributed by atoms with Gasteiger partial charge in [-0.2, -0.15) is 0 Å². The molecule has 0 aliphatic heterocycles. The maximum absolute atomic E-state index is 5.40. The number of methoxy groups -OCH3 is 2. The molecule has 1 aromatic carbocycles. The van der Waals surface area contributed by atoms with E-state index >= 15 is 0 Å². The van der Waals surface area contributed by atoms with E-state index in [9.17, 15) is 0 Å². The van der Waals surface area contributed by atoms with Crippen molar-refractivity contribution in [1.82, 2.24) is 0 Å². The number of aryl methyl sites for hydroxylation is 1. The zero-order valence-corrected chi connectivity index (χ0v) is 10.5. The maximum atomic E-state index is 5.40. The Hall–Kier alpha value is -1.18. The number of ether oxygens (including phenoxy) is 2. The van der Waals surface area contributed by atoms with Gasteiger partial charge in [-0.3, -0.25) is 0 Å². The standard InChI is InChI=1S/C13H20O2/c1-9-7-12(15-6)10(13(2,3)4)8-11(9)14-5/h7-8H,1-6H3. The van der Waals surface area contributed by atoms with Gasteiger partial charge in [0.15, 0.2) is 0 Å². The minimum absolute atomic E-state index is 0.0618. The lowest BCUT2D eigenvalue weighted by molar-refractivity contribution is 0.386. The van der Waals surface area contributed by atoms with E-state index in [1.54, 1.807) is 14.2 Å². The Bertz CT molecular complexity index is 348. The van der Waals surface area contributed by atoms with Crippen molar-refractivity contribution < 1.29 is 9.47 Å². The van der Waals surface area contributed by atoms with E-state index < -0.39 is 0 Å². The van der Waals surface area contributed by atoms with Crippen LogP contribution >= 0.6 is 0 Å². The first kappa shape index (κ1) is 11.9. The average Bonchev–Trinajstić information content (AvgIpc) is 2.15. The highest BCUT2D eigenvalue weighted by Gasteiger charge is 2.20. The van der Waals surface area contributed by atoms with Crippen molar-refractivity contribution >= 4 is 0 Å². The van der Waals surface area contributed by atoms with Gasteiger partial charge >= 0.3 is 0 Å². The fourth-order valence-corrected chi connectivity index (χ4v) is 1.64. The molecule has 0 bridgehead atoms. The third-order valence-electron chi connectivity index (χ3n) is 2.52. The highest BCUT2D eigenvalue weighted by molar-refractivity contribution is 5.48. The van der Waals surface area contributed by atoms with Gasteiger partial charge in [0.1, 0.15) is 11.5 Å². The van der Waals surface area contributed by atoms with Gasteiger partial charge in [0, 0.05) is 5.56 Å². The van der Waals surface area contributed by atoms with Crippen LogP contribution in [0.15, 0.2) is 12.1 Å². The molecule has 0 aliphatic carbocycles. The van der Waals surface area contributed by atoms with Crippen molar-refractivity contribution in [2.24, 2.45) is 0 Å². The van der Waals surface area contributed by atoms with Gasteiger partial charge < -0.3 is 9.47 Å². The third kappa shape index (κ3) is 2.44. The van der Waals surface area contributed by atoms with Gasteiger partial charge in [0.05, 0.1) is 14.2 Å². The summed E-state index contributed by atoms with van der Waals surface area (Å²) in [5.41, 5.74) is 2.33. The summed E-state index contributed by atoms with van der Waals surface area (Å²) in [6.07, 6.45) is 0. The number of rotatable bonds is 2. The molecule has 0 radical (unpaired) electrons. The molecular weight excluding hydrogens is 188 g/mol. The van der Waals surface area contributed by atoms with Crippen LogP contribution in [0.2, 0.25) is 0 Å². The Morgan fingerprint density at radius 2 is 1.47 bits per heavy atom. The number of benzene rings is 1. The van der Waals surface area contributed by atoms with Gasteiger partial charge in [-0.05, 0) is 30.0 Å². The van der Waals surface area contributed by atoms with Crippen LogP contribution in [0, 0.1) is 6.92 Å². The molecule has 1 aromatic rings. The van der Waals surface area contributed by atoms with Crippen molar-refractivity contribution in [3.63, 3.8) is 0 Å². The fourth-order valence-electron chi connectivity index (χ4n) is 1.64. The minimum atomic E-state index is 0.0618. The molecule has 0 unspecified atom stereocenters. The molecule has 0 aromatic heterocycles. The third-order valence-corrected chi connectivity index (χ3v) is 2.52. The van der Waals surface area contributed by atoms with E-state index in [1.807, 2.05) is 13.0 Å². The summed E-state index contributed by atoms with van der Waals surface area (Å²) in [4.78, 5) is 0. The molecule has 2 heteroatoms. The highest BCUT2D eigenvalue weighted by Crippen LogP contribution is 2.36. The minimum Gasteiger partial charge on any atom is -0.496 e. The summed E-state index contributed by atoms with van der Waals surface area (Å²) in [5.74, 6) is 1.85. The second kappa shape index (κ2) is 4.13. The van der Waals surface area contributed by atoms with Crippen LogP contribution < -0.4 is 9.47 Å². The molecule has 1 rings (SSSR count). The van der Waals surface area contributed by atoms with Crippen molar-refractivity contribution in [2.75, 3.05) is 14.2 Å². The van der Waals surface area contributed by atoms with Crippen molar-refractivity contribution in [3.8, 4) is 11.5 Å². The molecule has 0 aliphatic rings. The molecule has 84 valence electrons. The summed E-state index contributed by atoms with van der Waals surface area (Å²) >= 11 is 0. The number of hydrogen-bond acceptors (Lipinski definition) is 2. The second-order valence-electron chi connectivity index (χ2n) is 4.77. The van der Waals surface area contributed by atoms with Crippen molar-refractivity contribution in [3.05, 3.63) is 23.3 Å². The molecule has 0 atom stereocenters. The summed E-state index contributed by atoms with van der Waals surface area (Å²) in [6, 6.07) is 4.09. The zero-order valence-electron chi connectivity index (χ0n) is 10.5. The molecule has 0 amide bonds. The smallest absolute Gasteiger partial charge is 0.123 e. The van der Waals surface area contributed by atoms with Gasteiger partial charge in [-0.15, -0.1) is 0 Å². The topological polar surface area (TPSA) is 18.5 Å². The van der Waals surface area contributed by atoms with Crippen LogP contribution in [0.25, 0.3) is 0 Å². The average molecular weight is 208 g/mol. The summed E-state index contributed by atoms with van der Waals surface area (Å²) in [5, 5.41) is 0. The van der Waals surface area contributed by atoms with Crippen LogP contribution in [0.1, 0.15) is 31.9 Å². The molecule has 0 heterocycles. The fraction of sp³-hybridized carbons (Fsp3) is 0.538. The van der Waals surface area contributed by atoms with Gasteiger partial charge in [-0.25, -0.2) is 0 Å². The Kier molecular flexibility index (Phi) is 3.28. The Labute approximate surface area is 92.2 Å². The molecule has 2 nitrogen and oxygen atoms in total. The lowest BCUT2D eigenvalue weighted by Gasteiger charge is -2.23. The summed E-state index contributed by atoms with van der Waals surface area (Å²) in [7, 11) is 3.40. The molecule has 0 spiro atoms. The monoisotopic (exact) mass is 208 g/mol. The predicted molar refractivity (Wildman–Crippen MR) is 63.0 cm³/mol. The van der Waals surface area contributed by atoms with Crippen molar-refractivity contribution in [1.29, 1.82) is 0 Å². The van der Waals surface area contributed by atoms with Gasteiger partial charge in [-0.1, -0.05) is 20.8 Å². The van der Waals surface area contributed by atoms with Crippen LogP contribution in [0.5, 0.6) is 11.5 Å². The molecule has 15 heavy (non-hydrogen) atoms. The summed E-state index contributed by atoms with van der Waals surface area (Å²) in [6.45, 7) is 8.52. The first-order chi connectivity index (χ1) is 6.90. The lowest BCUT2D eigenvalue weighted by Crippen LogP contribution is -2.13. The van der Waals surface area contributed by atoms with E-state index in [0.717, 1.165) is 17.1 Å². The normalized spacial score (nSPS) is 11.3. The number of hydrogen-bond donors (Lipinski definition) is 0. The molecule has 0 saturated heterocycles. The predicted octanol–water partition coefficient (Wildman–Crippen LogP) is 3.31. The molecule has 0 N–H and O–H groups in total.